The second-order valence-corrected chi connectivity index (χ2v) is 6.35. The topological polar surface area (TPSA) is 78.6 Å². The fraction of sp³-hybridized carbons (Fsp3) is 0.444. The first-order valence-electron chi connectivity index (χ1n) is 8.32. The molecule has 0 radical (unpaired) electrons. The standard InChI is InChI=1S/C18H23N3O3/c1-2-18(13-22)6-9-21(10-7-18)17(23)20-15-5-3-4-14(12-15)16-19-8-11-24-16/h3-5,8,11-12,22H,2,6-7,9-10,13H2,1H3,(H,20,23). The van der Waals surface area contributed by atoms with E-state index in [-0.39, 0.29) is 18.1 Å². The average Bonchev–Trinajstić information content (AvgIpc) is 3.17. The molecule has 0 bridgehead atoms. The van der Waals surface area contributed by atoms with Crippen LogP contribution in [-0.2, 0) is 0 Å². The van der Waals surface area contributed by atoms with E-state index in [0.29, 0.717) is 24.7 Å². The number of likely N-dealkylation sites (tertiary alicyclic amines) is 1. The van der Waals surface area contributed by atoms with E-state index in [1.165, 1.54) is 6.26 Å². The number of nitrogens with zero attached hydrogens (tertiary/aromatic N) is 2. The highest BCUT2D eigenvalue weighted by Crippen LogP contribution is 2.34. The van der Waals surface area contributed by atoms with Crippen molar-refractivity contribution in [3.63, 3.8) is 0 Å². The monoisotopic (exact) mass is 329 g/mol. The highest BCUT2D eigenvalue weighted by atomic mass is 16.3. The van der Waals surface area contributed by atoms with Gasteiger partial charge in [-0.1, -0.05) is 13.0 Å². The molecule has 1 fully saturated rings. The number of amides is 2. The largest absolute Gasteiger partial charge is 0.445 e. The number of urea groups is 1. The quantitative estimate of drug-likeness (QED) is 0.901. The maximum Gasteiger partial charge on any atom is 0.321 e. The Hall–Kier alpha value is -2.34. The minimum atomic E-state index is -0.109. The number of hydrogen-bond acceptors (Lipinski definition) is 4. The van der Waals surface area contributed by atoms with Crippen molar-refractivity contribution in [1.29, 1.82) is 0 Å². The number of aromatic nitrogens is 1. The number of oxazole rings is 1. The van der Waals surface area contributed by atoms with Crippen molar-refractivity contribution in [2.45, 2.75) is 26.2 Å². The third-order valence-corrected chi connectivity index (χ3v) is 4.99. The van der Waals surface area contributed by atoms with Crippen molar-refractivity contribution < 1.29 is 14.3 Å². The van der Waals surface area contributed by atoms with Gasteiger partial charge in [-0.15, -0.1) is 0 Å². The van der Waals surface area contributed by atoms with E-state index in [4.69, 9.17) is 4.42 Å². The second-order valence-electron chi connectivity index (χ2n) is 6.35. The summed E-state index contributed by atoms with van der Waals surface area (Å²) in [5.74, 6) is 0.528. The van der Waals surface area contributed by atoms with Crippen molar-refractivity contribution in [3.8, 4) is 11.5 Å². The van der Waals surface area contributed by atoms with Crippen molar-refractivity contribution in [1.82, 2.24) is 9.88 Å². The van der Waals surface area contributed by atoms with Crippen molar-refractivity contribution in [2.24, 2.45) is 5.41 Å². The van der Waals surface area contributed by atoms with Crippen molar-refractivity contribution in [3.05, 3.63) is 36.7 Å². The van der Waals surface area contributed by atoms with E-state index >= 15 is 0 Å². The van der Waals surface area contributed by atoms with Crippen LogP contribution in [0.15, 0.2) is 41.1 Å². The van der Waals surface area contributed by atoms with Crippen LogP contribution in [0.2, 0.25) is 0 Å². The lowest BCUT2D eigenvalue weighted by Gasteiger charge is -2.40. The summed E-state index contributed by atoms with van der Waals surface area (Å²) >= 11 is 0. The van der Waals surface area contributed by atoms with Crippen LogP contribution in [0.1, 0.15) is 26.2 Å². The van der Waals surface area contributed by atoms with Crippen molar-refractivity contribution >= 4 is 11.7 Å². The molecule has 128 valence electrons. The molecule has 1 aliphatic heterocycles. The zero-order valence-corrected chi connectivity index (χ0v) is 13.9. The van der Waals surface area contributed by atoms with Gasteiger partial charge in [0.25, 0.3) is 0 Å². The van der Waals surface area contributed by atoms with Gasteiger partial charge < -0.3 is 19.7 Å². The lowest BCUT2D eigenvalue weighted by atomic mass is 9.77. The molecule has 0 unspecified atom stereocenters. The molecule has 2 N–H and O–H groups in total. The molecule has 0 saturated carbocycles. The lowest BCUT2D eigenvalue weighted by Crippen LogP contribution is -2.46. The second kappa shape index (κ2) is 7.05. The number of hydrogen-bond donors (Lipinski definition) is 2. The van der Waals surface area contributed by atoms with Gasteiger partial charge in [0, 0.05) is 30.9 Å². The Morgan fingerprint density at radius 2 is 2.21 bits per heavy atom. The average molecular weight is 329 g/mol. The third-order valence-electron chi connectivity index (χ3n) is 4.99. The van der Waals surface area contributed by atoms with Gasteiger partial charge in [0.15, 0.2) is 0 Å². The normalized spacial score (nSPS) is 16.8. The molecule has 1 saturated heterocycles. The number of carbonyl (C=O) groups excluding carboxylic acids is 1. The van der Waals surface area contributed by atoms with E-state index in [2.05, 4.69) is 17.2 Å². The van der Waals surface area contributed by atoms with Gasteiger partial charge in [0.1, 0.15) is 6.26 Å². The molecule has 2 aromatic rings. The summed E-state index contributed by atoms with van der Waals surface area (Å²) in [4.78, 5) is 18.4. The molecule has 24 heavy (non-hydrogen) atoms. The Labute approximate surface area is 141 Å². The number of piperidine rings is 1. The molecule has 6 heteroatoms. The van der Waals surface area contributed by atoms with Gasteiger partial charge in [0.2, 0.25) is 5.89 Å². The number of aliphatic hydroxyl groups excluding tert-OH is 1. The van der Waals surface area contributed by atoms with Gasteiger partial charge in [-0.3, -0.25) is 0 Å². The van der Waals surface area contributed by atoms with Crippen LogP contribution < -0.4 is 5.32 Å². The molecule has 2 heterocycles. The zero-order chi connectivity index (χ0) is 17.0. The SMILES string of the molecule is CCC1(CO)CCN(C(=O)Nc2cccc(-c3ncco3)c2)CC1. The van der Waals surface area contributed by atoms with Crippen LogP contribution in [0.5, 0.6) is 0 Å². The summed E-state index contributed by atoms with van der Waals surface area (Å²) in [6.07, 6.45) is 5.73. The number of benzene rings is 1. The molecule has 1 aromatic carbocycles. The van der Waals surface area contributed by atoms with Gasteiger partial charge >= 0.3 is 6.03 Å². The zero-order valence-electron chi connectivity index (χ0n) is 13.9. The van der Waals surface area contributed by atoms with Crippen LogP contribution in [0.4, 0.5) is 10.5 Å². The highest BCUT2D eigenvalue weighted by molar-refractivity contribution is 5.90. The summed E-state index contributed by atoms with van der Waals surface area (Å²) in [6, 6.07) is 7.33. The first-order chi connectivity index (χ1) is 11.7. The summed E-state index contributed by atoms with van der Waals surface area (Å²) in [5.41, 5.74) is 1.51. The fourth-order valence-corrected chi connectivity index (χ4v) is 3.11. The predicted octanol–water partition coefficient (Wildman–Crippen LogP) is 3.36. The molecule has 3 rings (SSSR count). The smallest absolute Gasteiger partial charge is 0.321 e. The number of nitrogens with one attached hydrogen (secondary N) is 1. The number of carbonyl (C=O) groups is 1. The fourth-order valence-electron chi connectivity index (χ4n) is 3.11. The number of rotatable bonds is 4. The maximum absolute atomic E-state index is 12.5. The van der Waals surface area contributed by atoms with Crippen LogP contribution in [-0.4, -0.2) is 40.7 Å². The van der Waals surface area contributed by atoms with Gasteiger partial charge in [-0.05, 0) is 42.9 Å². The van der Waals surface area contributed by atoms with Gasteiger partial charge in [-0.25, -0.2) is 9.78 Å². The summed E-state index contributed by atoms with van der Waals surface area (Å²) in [6.45, 7) is 3.62. The van der Waals surface area contributed by atoms with Crippen LogP contribution in [0.3, 0.4) is 0 Å². The number of anilines is 1. The first-order valence-corrected chi connectivity index (χ1v) is 8.32. The molecule has 6 nitrogen and oxygen atoms in total. The molecule has 1 aliphatic rings. The Balaban J connectivity index is 1.63. The highest BCUT2D eigenvalue weighted by Gasteiger charge is 2.33. The van der Waals surface area contributed by atoms with E-state index in [0.717, 1.165) is 24.8 Å². The Kier molecular flexibility index (Phi) is 4.85. The molecule has 0 atom stereocenters. The first kappa shape index (κ1) is 16.5. The molecular weight excluding hydrogens is 306 g/mol. The van der Waals surface area contributed by atoms with Gasteiger partial charge in [0.05, 0.1) is 6.20 Å². The molecule has 2 amide bonds. The molecule has 0 aliphatic carbocycles. The predicted molar refractivity (Wildman–Crippen MR) is 91.6 cm³/mol. The lowest BCUT2D eigenvalue weighted by molar-refractivity contribution is 0.0542. The van der Waals surface area contributed by atoms with Crippen LogP contribution in [0, 0.1) is 5.41 Å². The molecular formula is C18H23N3O3. The summed E-state index contributed by atoms with van der Waals surface area (Å²) in [5, 5.41) is 12.5. The van der Waals surface area contributed by atoms with E-state index in [1.807, 2.05) is 24.3 Å². The van der Waals surface area contributed by atoms with Crippen LogP contribution >= 0.6 is 0 Å². The minimum Gasteiger partial charge on any atom is -0.445 e. The molecule has 1 aromatic heterocycles. The molecule has 0 spiro atoms. The van der Waals surface area contributed by atoms with Gasteiger partial charge in [-0.2, -0.15) is 0 Å². The van der Waals surface area contributed by atoms with E-state index < -0.39 is 0 Å². The Morgan fingerprint density at radius 1 is 1.42 bits per heavy atom. The van der Waals surface area contributed by atoms with Crippen LogP contribution in [0.25, 0.3) is 11.5 Å². The Morgan fingerprint density at radius 3 is 2.83 bits per heavy atom. The number of aliphatic hydroxyl groups is 1. The van der Waals surface area contributed by atoms with E-state index in [9.17, 15) is 9.90 Å². The van der Waals surface area contributed by atoms with E-state index in [1.54, 1.807) is 11.1 Å². The summed E-state index contributed by atoms with van der Waals surface area (Å²) < 4.78 is 5.29. The minimum absolute atomic E-state index is 0.0261. The third kappa shape index (κ3) is 3.43. The Bertz CT molecular complexity index is 671. The van der Waals surface area contributed by atoms with Crippen molar-refractivity contribution in [2.75, 3.05) is 25.0 Å². The summed E-state index contributed by atoms with van der Waals surface area (Å²) in [7, 11) is 0. The maximum atomic E-state index is 12.5.